The maximum Gasteiger partial charge on any atom is 0.225 e. The van der Waals surface area contributed by atoms with Gasteiger partial charge in [-0.25, -0.2) is 18.7 Å². The molecule has 2 aromatic carbocycles. The molecule has 2 aromatic heterocycles. The fourth-order valence-corrected chi connectivity index (χ4v) is 4.24. The van der Waals surface area contributed by atoms with Gasteiger partial charge in [-0.15, -0.1) is 0 Å². The van der Waals surface area contributed by atoms with Gasteiger partial charge in [-0.3, -0.25) is 0 Å². The van der Waals surface area contributed by atoms with Gasteiger partial charge in [0, 0.05) is 13.1 Å². The highest BCUT2D eigenvalue weighted by Gasteiger charge is 2.24. The van der Waals surface area contributed by atoms with Crippen molar-refractivity contribution in [1.82, 2.24) is 24.8 Å². The summed E-state index contributed by atoms with van der Waals surface area (Å²) < 4.78 is 29.8. The van der Waals surface area contributed by atoms with Crippen LogP contribution in [0.25, 0.3) is 22.6 Å². The van der Waals surface area contributed by atoms with E-state index in [9.17, 15) is 8.78 Å². The Labute approximate surface area is 188 Å². The Kier molecular flexibility index (Phi) is 5.71. The van der Waals surface area contributed by atoms with Gasteiger partial charge in [0.25, 0.3) is 0 Å². The second kappa shape index (κ2) is 8.80. The average molecular weight is 455 g/mol. The summed E-state index contributed by atoms with van der Waals surface area (Å²) in [4.78, 5) is 13.7. The summed E-state index contributed by atoms with van der Waals surface area (Å²) in [6.07, 6.45) is 2.64. The van der Waals surface area contributed by atoms with Crippen LogP contribution in [0.3, 0.4) is 0 Å². The van der Waals surface area contributed by atoms with Crippen molar-refractivity contribution in [1.29, 1.82) is 0 Å². The number of fused-ring (bicyclic) bond motifs is 1. The molecule has 0 radical (unpaired) electrons. The zero-order chi connectivity index (χ0) is 22.1. The zero-order valence-corrected chi connectivity index (χ0v) is 17.9. The summed E-state index contributed by atoms with van der Waals surface area (Å²) in [7, 11) is 0. The Bertz CT molecular complexity index is 1230. The van der Waals surface area contributed by atoms with Crippen molar-refractivity contribution in [2.24, 2.45) is 5.92 Å². The number of nitrogens with one attached hydrogen (secondary N) is 2. The molecule has 0 saturated carbocycles. The number of halogens is 3. The molecule has 1 aliphatic rings. The molecule has 0 bridgehead atoms. The Morgan fingerprint density at radius 2 is 1.97 bits per heavy atom. The van der Waals surface area contributed by atoms with E-state index in [4.69, 9.17) is 11.6 Å². The fourth-order valence-electron chi connectivity index (χ4n) is 3.99. The summed E-state index contributed by atoms with van der Waals surface area (Å²) in [6.45, 7) is 2.91. The van der Waals surface area contributed by atoms with Gasteiger partial charge in [0.15, 0.2) is 5.65 Å². The predicted molar refractivity (Wildman–Crippen MR) is 120 cm³/mol. The number of rotatable bonds is 6. The first-order chi connectivity index (χ1) is 15.6. The number of anilines is 1. The highest BCUT2D eigenvalue weighted by Crippen LogP contribution is 2.33. The highest BCUT2D eigenvalue weighted by atomic mass is 35.5. The molecule has 32 heavy (non-hydrogen) atoms. The third kappa shape index (κ3) is 4.16. The first-order valence-corrected chi connectivity index (χ1v) is 10.8. The van der Waals surface area contributed by atoms with Gasteiger partial charge in [-0.2, -0.15) is 4.98 Å². The molecule has 1 atom stereocenters. The highest BCUT2D eigenvalue weighted by molar-refractivity contribution is 6.33. The standard InChI is InChI=1S/C23H21ClF2N6/c24-17-2-1-3-18(26)20(17)22-30-19-12-29-23(28-11-14-4-6-16(25)7-5-14)31-21(19)32(22)13-15-8-9-27-10-15/h1-7,12,15,27H,8-11,13H2,(H,28,29,31)/t15-/m0/s1. The minimum Gasteiger partial charge on any atom is -0.350 e. The van der Waals surface area contributed by atoms with E-state index in [0.29, 0.717) is 47.0 Å². The van der Waals surface area contributed by atoms with Crippen molar-refractivity contribution < 1.29 is 8.78 Å². The van der Waals surface area contributed by atoms with Crippen LogP contribution in [0.4, 0.5) is 14.7 Å². The first kappa shape index (κ1) is 20.8. The zero-order valence-electron chi connectivity index (χ0n) is 17.2. The predicted octanol–water partition coefficient (Wildman–Crippen LogP) is 4.65. The summed E-state index contributed by atoms with van der Waals surface area (Å²) in [5, 5.41) is 6.83. The minimum absolute atomic E-state index is 0.263. The van der Waals surface area contributed by atoms with Gasteiger partial charge in [-0.05, 0) is 55.3 Å². The molecule has 164 valence electrons. The van der Waals surface area contributed by atoms with Crippen LogP contribution in [0.5, 0.6) is 0 Å². The second-order valence-corrected chi connectivity index (χ2v) is 8.29. The minimum atomic E-state index is -0.429. The van der Waals surface area contributed by atoms with Crippen LogP contribution in [0.1, 0.15) is 12.0 Å². The topological polar surface area (TPSA) is 67.7 Å². The third-order valence-corrected chi connectivity index (χ3v) is 5.96. The van der Waals surface area contributed by atoms with Crippen molar-refractivity contribution in [3.63, 3.8) is 0 Å². The molecule has 1 fully saturated rings. The lowest BCUT2D eigenvalue weighted by atomic mass is 10.1. The van der Waals surface area contributed by atoms with Crippen molar-refractivity contribution >= 4 is 28.7 Å². The van der Waals surface area contributed by atoms with Crippen molar-refractivity contribution in [3.8, 4) is 11.4 Å². The summed E-state index contributed by atoms with van der Waals surface area (Å²) in [5.41, 5.74) is 2.35. The SMILES string of the molecule is Fc1ccc(CNc2ncc3nc(-c4c(F)cccc4Cl)n(C[C@H]4CCNC4)c3n2)cc1. The molecule has 1 aliphatic heterocycles. The molecule has 2 N–H and O–H groups in total. The molecule has 0 amide bonds. The molecule has 6 nitrogen and oxygen atoms in total. The normalized spacial score (nSPS) is 16.0. The van der Waals surface area contributed by atoms with Crippen LogP contribution in [0, 0.1) is 17.6 Å². The van der Waals surface area contributed by atoms with Crippen LogP contribution >= 0.6 is 11.6 Å². The van der Waals surface area contributed by atoms with Crippen LogP contribution in [0.2, 0.25) is 5.02 Å². The van der Waals surface area contributed by atoms with E-state index < -0.39 is 5.82 Å². The Balaban J connectivity index is 1.54. The average Bonchev–Trinajstić information content (AvgIpc) is 3.42. The molecule has 4 aromatic rings. The summed E-state index contributed by atoms with van der Waals surface area (Å²) >= 11 is 6.36. The molecule has 9 heteroatoms. The molecule has 5 rings (SSSR count). The van der Waals surface area contributed by atoms with Crippen molar-refractivity contribution in [3.05, 3.63) is 70.9 Å². The molecule has 0 spiro atoms. The molecule has 3 heterocycles. The Morgan fingerprint density at radius 3 is 2.72 bits per heavy atom. The number of benzene rings is 2. The number of imidazole rings is 1. The van der Waals surface area contributed by atoms with E-state index in [1.165, 1.54) is 18.2 Å². The van der Waals surface area contributed by atoms with Crippen LogP contribution in [0.15, 0.2) is 48.7 Å². The maximum atomic E-state index is 14.7. The summed E-state index contributed by atoms with van der Waals surface area (Å²) in [6, 6.07) is 10.8. The van der Waals surface area contributed by atoms with Gasteiger partial charge in [-0.1, -0.05) is 29.8 Å². The Morgan fingerprint density at radius 1 is 1.12 bits per heavy atom. The van der Waals surface area contributed by atoms with E-state index in [1.807, 2.05) is 4.57 Å². The molecule has 1 saturated heterocycles. The third-order valence-electron chi connectivity index (χ3n) is 5.64. The number of nitrogens with zero attached hydrogens (tertiary/aromatic N) is 4. The number of hydrogen-bond donors (Lipinski definition) is 2. The van der Waals surface area contributed by atoms with E-state index in [-0.39, 0.29) is 11.4 Å². The van der Waals surface area contributed by atoms with Crippen LogP contribution in [-0.2, 0) is 13.1 Å². The van der Waals surface area contributed by atoms with Gasteiger partial charge < -0.3 is 15.2 Å². The quantitative estimate of drug-likeness (QED) is 0.444. The first-order valence-electron chi connectivity index (χ1n) is 10.4. The van der Waals surface area contributed by atoms with Crippen LogP contribution < -0.4 is 10.6 Å². The van der Waals surface area contributed by atoms with Gasteiger partial charge in [0.2, 0.25) is 5.95 Å². The Hall–Kier alpha value is -3.10. The van der Waals surface area contributed by atoms with Gasteiger partial charge in [0.1, 0.15) is 23.0 Å². The van der Waals surface area contributed by atoms with E-state index >= 15 is 0 Å². The lowest BCUT2D eigenvalue weighted by Crippen LogP contribution is -2.16. The van der Waals surface area contributed by atoms with Crippen molar-refractivity contribution in [2.75, 3.05) is 18.4 Å². The molecular weight excluding hydrogens is 434 g/mol. The number of hydrogen-bond acceptors (Lipinski definition) is 5. The smallest absolute Gasteiger partial charge is 0.225 e. The van der Waals surface area contributed by atoms with Crippen molar-refractivity contribution in [2.45, 2.75) is 19.5 Å². The molecular formula is C23H21ClF2N6. The fraction of sp³-hybridized carbons (Fsp3) is 0.261. The van der Waals surface area contributed by atoms with E-state index in [2.05, 4.69) is 25.6 Å². The summed E-state index contributed by atoms with van der Waals surface area (Å²) in [5.74, 6) is 0.526. The van der Waals surface area contributed by atoms with E-state index in [1.54, 1.807) is 30.5 Å². The van der Waals surface area contributed by atoms with E-state index in [0.717, 1.165) is 25.1 Å². The molecule has 0 unspecified atom stereocenters. The maximum absolute atomic E-state index is 14.7. The lowest BCUT2D eigenvalue weighted by molar-refractivity contribution is 0.489. The van der Waals surface area contributed by atoms with Gasteiger partial charge in [0.05, 0.1) is 16.8 Å². The largest absolute Gasteiger partial charge is 0.350 e. The molecule has 0 aliphatic carbocycles. The van der Waals surface area contributed by atoms with Gasteiger partial charge >= 0.3 is 0 Å². The van der Waals surface area contributed by atoms with Crippen LogP contribution in [-0.4, -0.2) is 32.6 Å². The lowest BCUT2D eigenvalue weighted by Gasteiger charge is -2.14. The second-order valence-electron chi connectivity index (χ2n) is 7.88. The monoisotopic (exact) mass is 454 g/mol. The number of aromatic nitrogens is 4.